The first-order valence-corrected chi connectivity index (χ1v) is 6.69. The smallest absolute Gasteiger partial charge is 0.250 e. The fourth-order valence-corrected chi connectivity index (χ4v) is 2.41. The van der Waals surface area contributed by atoms with Crippen molar-refractivity contribution in [2.75, 3.05) is 33.3 Å². The fourth-order valence-electron chi connectivity index (χ4n) is 1.74. The van der Waals surface area contributed by atoms with E-state index in [1.807, 2.05) is 23.4 Å². The molecule has 1 atom stereocenters. The van der Waals surface area contributed by atoms with Crippen LogP contribution in [-0.4, -0.2) is 56.0 Å². The summed E-state index contributed by atoms with van der Waals surface area (Å²) in [7, 11) is 1.94. The van der Waals surface area contributed by atoms with E-state index in [1.165, 1.54) is 11.3 Å². The quantitative estimate of drug-likeness (QED) is 0.802. The number of nitrogens with one attached hydrogen (secondary N) is 1. The van der Waals surface area contributed by atoms with Gasteiger partial charge in [0.1, 0.15) is 6.10 Å². The molecule has 2 rings (SSSR count). The molecule has 0 aliphatic carbocycles. The van der Waals surface area contributed by atoms with Gasteiger partial charge in [-0.15, -0.1) is 11.3 Å². The van der Waals surface area contributed by atoms with Crippen molar-refractivity contribution in [1.82, 2.24) is 10.2 Å². The number of ether oxygens (including phenoxy) is 1. The zero-order valence-corrected chi connectivity index (χ0v) is 11.0. The van der Waals surface area contributed by atoms with E-state index in [0.29, 0.717) is 18.0 Å². The number of Topliss-reactive ketones (excluding diaryl/α,β-unsaturated/α-hetero) is 1. The third kappa shape index (κ3) is 3.38. The molecule has 0 unspecified atom stereocenters. The van der Waals surface area contributed by atoms with Crippen LogP contribution in [0, 0.1) is 0 Å². The summed E-state index contributed by atoms with van der Waals surface area (Å²) in [6.45, 7) is 1.98. The molecule has 5 nitrogen and oxygen atoms in total. The van der Waals surface area contributed by atoms with Gasteiger partial charge in [0, 0.05) is 13.1 Å². The lowest BCUT2D eigenvalue weighted by molar-refractivity contribution is -0.137. The first kappa shape index (κ1) is 13.2. The summed E-state index contributed by atoms with van der Waals surface area (Å²) < 4.78 is 5.37. The van der Waals surface area contributed by atoms with Crippen LogP contribution in [0.25, 0.3) is 0 Å². The summed E-state index contributed by atoms with van der Waals surface area (Å²) in [5.41, 5.74) is 0. The van der Waals surface area contributed by atoms with E-state index >= 15 is 0 Å². The molecule has 6 heteroatoms. The molecule has 1 N–H and O–H groups in total. The van der Waals surface area contributed by atoms with Crippen LogP contribution < -0.4 is 5.32 Å². The van der Waals surface area contributed by atoms with Gasteiger partial charge in [-0.2, -0.15) is 0 Å². The number of nitrogens with zero attached hydrogens (tertiary/aromatic N) is 1. The molecular weight excluding hydrogens is 252 g/mol. The Kier molecular flexibility index (Phi) is 4.46. The minimum absolute atomic E-state index is 0.0307. The molecule has 0 spiro atoms. The number of hydrogen-bond acceptors (Lipinski definition) is 5. The topological polar surface area (TPSA) is 58.6 Å². The maximum atomic E-state index is 11.8. The Balaban J connectivity index is 1.79. The first-order chi connectivity index (χ1) is 8.66. The highest BCUT2D eigenvalue weighted by atomic mass is 32.1. The average Bonchev–Trinajstić information content (AvgIpc) is 2.89. The van der Waals surface area contributed by atoms with Crippen LogP contribution in [0.15, 0.2) is 17.5 Å². The molecule has 0 aromatic carbocycles. The van der Waals surface area contributed by atoms with Gasteiger partial charge < -0.3 is 15.0 Å². The van der Waals surface area contributed by atoms with Crippen LogP contribution in [0.1, 0.15) is 9.67 Å². The highest BCUT2D eigenvalue weighted by Gasteiger charge is 2.25. The molecule has 0 radical (unpaired) electrons. The molecule has 98 valence electrons. The third-order valence-electron chi connectivity index (χ3n) is 2.78. The van der Waals surface area contributed by atoms with E-state index in [4.69, 9.17) is 4.74 Å². The molecule has 1 aliphatic rings. The standard InChI is InChI=1S/C12H16N2O3S/c1-14-4-5-17-10(8-14)12(16)13-7-9(15)11-3-2-6-18-11/h2-3,6,10H,4-5,7-8H2,1H3,(H,13,16)/t10-/m1/s1. The number of carbonyl (C=O) groups excluding carboxylic acids is 2. The van der Waals surface area contributed by atoms with Crippen LogP contribution >= 0.6 is 11.3 Å². The zero-order chi connectivity index (χ0) is 13.0. The number of hydrogen-bond donors (Lipinski definition) is 1. The van der Waals surface area contributed by atoms with Crippen molar-refractivity contribution in [2.45, 2.75) is 6.10 Å². The van der Waals surface area contributed by atoms with Crippen LogP contribution in [0.5, 0.6) is 0 Å². The van der Waals surface area contributed by atoms with Crippen molar-refractivity contribution in [2.24, 2.45) is 0 Å². The zero-order valence-electron chi connectivity index (χ0n) is 10.2. The van der Waals surface area contributed by atoms with E-state index < -0.39 is 6.10 Å². The van der Waals surface area contributed by atoms with E-state index in [0.717, 1.165) is 6.54 Å². The molecule has 1 amide bonds. The lowest BCUT2D eigenvalue weighted by atomic mass is 10.2. The maximum Gasteiger partial charge on any atom is 0.250 e. The predicted octanol–water partition coefficient (Wildman–Crippen LogP) is 0.378. The van der Waals surface area contributed by atoms with E-state index in [2.05, 4.69) is 5.32 Å². The Morgan fingerprint density at radius 1 is 1.61 bits per heavy atom. The summed E-state index contributed by atoms with van der Waals surface area (Å²) >= 11 is 1.38. The van der Waals surface area contributed by atoms with Gasteiger partial charge in [-0.25, -0.2) is 0 Å². The molecule has 1 aromatic heterocycles. The van der Waals surface area contributed by atoms with Crippen molar-refractivity contribution >= 4 is 23.0 Å². The SMILES string of the molecule is CN1CCO[C@@H](C(=O)NCC(=O)c2cccs2)C1. The minimum atomic E-state index is -0.472. The second kappa shape index (κ2) is 6.08. The van der Waals surface area contributed by atoms with E-state index in [1.54, 1.807) is 6.07 Å². The van der Waals surface area contributed by atoms with Gasteiger partial charge in [0.2, 0.25) is 0 Å². The van der Waals surface area contributed by atoms with Crippen LogP contribution in [0.4, 0.5) is 0 Å². The third-order valence-corrected chi connectivity index (χ3v) is 3.69. The molecule has 1 fully saturated rings. The summed E-state index contributed by atoms with van der Waals surface area (Å²) in [6, 6.07) is 3.57. The van der Waals surface area contributed by atoms with Crippen molar-refractivity contribution in [3.8, 4) is 0 Å². The molecule has 18 heavy (non-hydrogen) atoms. The molecule has 0 saturated carbocycles. The van der Waals surface area contributed by atoms with E-state index in [-0.39, 0.29) is 18.2 Å². The maximum absolute atomic E-state index is 11.8. The Labute approximate surface area is 110 Å². The monoisotopic (exact) mass is 268 g/mol. The van der Waals surface area contributed by atoms with Crippen LogP contribution in [0.2, 0.25) is 0 Å². The Hall–Kier alpha value is -1.24. The predicted molar refractivity (Wildman–Crippen MR) is 68.9 cm³/mol. The lowest BCUT2D eigenvalue weighted by Crippen LogP contribution is -2.49. The Morgan fingerprint density at radius 3 is 3.11 bits per heavy atom. The highest BCUT2D eigenvalue weighted by Crippen LogP contribution is 2.09. The fraction of sp³-hybridized carbons (Fsp3) is 0.500. The molecule has 1 aromatic rings. The van der Waals surface area contributed by atoms with E-state index in [9.17, 15) is 9.59 Å². The van der Waals surface area contributed by atoms with Gasteiger partial charge in [0.25, 0.3) is 5.91 Å². The second-order valence-electron chi connectivity index (χ2n) is 4.24. The van der Waals surface area contributed by atoms with Crippen LogP contribution in [-0.2, 0) is 9.53 Å². The van der Waals surface area contributed by atoms with Gasteiger partial charge in [-0.05, 0) is 18.5 Å². The summed E-state index contributed by atoms with van der Waals surface area (Å²) in [6.07, 6.45) is -0.472. The molecule has 0 bridgehead atoms. The van der Waals surface area contributed by atoms with Crippen molar-refractivity contribution in [3.05, 3.63) is 22.4 Å². The molecule has 2 heterocycles. The van der Waals surface area contributed by atoms with Crippen molar-refractivity contribution in [3.63, 3.8) is 0 Å². The lowest BCUT2D eigenvalue weighted by Gasteiger charge is -2.28. The minimum Gasteiger partial charge on any atom is -0.366 e. The number of ketones is 1. The molecular formula is C12H16N2O3S. The summed E-state index contributed by atoms with van der Waals surface area (Å²) in [5, 5.41) is 4.47. The van der Waals surface area contributed by atoms with Gasteiger partial charge in [0.05, 0.1) is 18.0 Å². The number of amides is 1. The van der Waals surface area contributed by atoms with Crippen molar-refractivity contribution in [1.29, 1.82) is 0 Å². The van der Waals surface area contributed by atoms with Crippen molar-refractivity contribution < 1.29 is 14.3 Å². The van der Waals surface area contributed by atoms with Gasteiger partial charge in [-0.1, -0.05) is 6.07 Å². The molecule has 1 saturated heterocycles. The summed E-state index contributed by atoms with van der Waals surface area (Å²) in [5.74, 6) is -0.283. The second-order valence-corrected chi connectivity index (χ2v) is 5.19. The van der Waals surface area contributed by atoms with Crippen LogP contribution in [0.3, 0.4) is 0 Å². The number of rotatable bonds is 4. The number of carbonyl (C=O) groups is 2. The van der Waals surface area contributed by atoms with Gasteiger partial charge in [0.15, 0.2) is 5.78 Å². The average molecular weight is 268 g/mol. The summed E-state index contributed by atoms with van der Waals surface area (Å²) in [4.78, 5) is 26.2. The normalized spacial score (nSPS) is 20.6. The number of morpholine rings is 1. The van der Waals surface area contributed by atoms with Gasteiger partial charge in [-0.3, -0.25) is 9.59 Å². The Bertz CT molecular complexity index is 419. The number of thiophene rings is 1. The first-order valence-electron chi connectivity index (χ1n) is 5.81. The molecule has 1 aliphatic heterocycles. The Morgan fingerprint density at radius 2 is 2.44 bits per heavy atom. The van der Waals surface area contributed by atoms with Gasteiger partial charge >= 0.3 is 0 Å². The largest absolute Gasteiger partial charge is 0.366 e. The number of likely N-dealkylation sites (N-methyl/N-ethyl adjacent to an activating group) is 1. The highest BCUT2D eigenvalue weighted by molar-refractivity contribution is 7.12.